The van der Waals surface area contributed by atoms with Crippen molar-refractivity contribution in [1.82, 2.24) is 3.89 Å². The molecule has 1 atom stereocenters. The fourth-order valence-corrected chi connectivity index (χ4v) is 4.76. The third-order valence-electron chi connectivity index (χ3n) is 4.32. The van der Waals surface area contributed by atoms with E-state index in [0.29, 0.717) is 11.4 Å². The van der Waals surface area contributed by atoms with Crippen molar-refractivity contribution < 1.29 is 14.6 Å². The average Bonchev–Trinajstić information content (AvgIpc) is 2.90. The van der Waals surface area contributed by atoms with Crippen LogP contribution in [0.1, 0.15) is 26.3 Å². The van der Waals surface area contributed by atoms with Gasteiger partial charge in [-0.05, 0) is 43.9 Å². The van der Waals surface area contributed by atoms with Crippen molar-refractivity contribution in [3.05, 3.63) is 48.0 Å². The van der Waals surface area contributed by atoms with E-state index in [9.17, 15) is 9.90 Å². The summed E-state index contributed by atoms with van der Waals surface area (Å²) in [5, 5.41) is 10.0. The quantitative estimate of drug-likeness (QED) is 0.395. The van der Waals surface area contributed by atoms with Gasteiger partial charge in [-0.25, -0.2) is 0 Å². The zero-order valence-electron chi connectivity index (χ0n) is 15.5. The van der Waals surface area contributed by atoms with Crippen LogP contribution in [-0.4, -0.2) is 29.6 Å². The van der Waals surface area contributed by atoms with Crippen molar-refractivity contribution in [3.8, 4) is 5.75 Å². The van der Waals surface area contributed by atoms with Gasteiger partial charge in [0, 0.05) is 22.9 Å². The molecule has 3 rings (SSSR count). The summed E-state index contributed by atoms with van der Waals surface area (Å²) in [6.07, 6.45) is -0.146. The highest BCUT2D eigenvalue weighted by atomic mass is 32.2. The molecule has 0 radical (unpaired) electrons. The molecule has 1 amide bonds. The summed E-state index contributed by atoms with van der Waals surface area (Å²) >= 11 is 3.06. The molecule has 1 unspecified atom stereocenters. The van der Waals surface area contributed by atoms with Crippen molar-refractivity contribution >= 4 is 35.5 Å². The van der Waals surface area contributed by atoms with Gasteiger partial charge in [0.2, 0.25) is 0 Å². The first-order valence-electron chi connectivity index (χ1n) is 8.59. The first kappa shape index (κ1) is 19.1. The Balaban J connectivity index is 1.97. The second-order valence-electron chi connectivity index (χ2n) is 7.01. The predicted octanol–water partition coefficient (Wildman–Crippen LogP) is 5.83. The molecule has 2 aromatic rings. The molecule has 138 valence electrons. The number of rotatable bonds is 5. The number of carbonyl (C=O) groups is 1. The number of fused-ring (bicyclic) bond motifs is 1. The summed E-state index contributed by atoms with van der Waals surface area (Å²) in [5.41, 5.74) is 1.41. The number of hydrogen-bond donors (Lipinski definition) is 1. The van der Waals surface area contributed by atoms with Gasteiger partial charge in [0.25, 0.3) is 0 Å². The van der Waals surface area contributed by atoms with Crippen LogP contribution in [0, 0.1) is 0 Å². The van der Waals surface area contributed by atoms with Crippen LogP contribution in [0.25, 0.3) is 0 Å². The first-order valence-corrected chi connectivity index (χ1v) is 10.3. The van der Waals surface area contributed by atoms with Crippen LogP contribution in [0.15, 0.2) is 52.3 Å². The molecule has 0 aliphatic carbocycles. The van der Waals surface area contributed by atoms with Crippen LogP contribution in [0.2, 0.25) is 0 Å². The number of carboxylic acid groups (broad SMARTS) is 1. The Labute approximate surface area is 163 Å². The van der Waals surface area contributed by atoms with Crippen LogP contribution in [0.5, 0.6) is 5.75 Å². The molecule has 0 saturated carbocycles. The van der Waals surface area contributed by atoms with Crippen LogP contribution in [0.4, 0.5) is 10.5 Å². The lowest BCUT2D eigenvalue weighted by Gasteiger charge is -2.27. The van der Waals surface area contributed by atoms with E-state index in [1.54, 1.807) is 18.8 Å². The SMILES string of the molecule is CCSc1ccc(S[N+](C)(C(=O)O)c2cccc3c2OC(C)(C)C3)cc1. The van der Waals surface area contributed by atoms with Gasteiger partial charge in [-0.15, -0.1) is 15.7 Å². The standard InChI is InChI=1S/C20H23NO3S2/c1-5-25-15-9-11-16(12-10-15)26-21(4,19(22)23)17-8-6-7-14-13-20(2,3)24-18(14)17/h6-12H,5,13H2,1-4H3/p+1. The number of ether oxygens (including phenoxy) is 1. The predicted molar refractivity (Wildman–Crippen MR) is 109 cm³/mol. The summed E-state index contributed by atoms with van der Waals surface area (Å²) < 4.78 is 5.79. The molecular weight excluding hydrogens is 366 g/mol. The molecule has 1 N–H and O–H groups in total. The maximum Gasteiger partial charge on any atom is 0.530 e. The van der Waals surface area contributed by atoms with E-state index in [2.05, 4.69) is 6.92 Å². The van der Waals surface area contributed by atoms with E-state index in [0.717, 1.165) is 22.6 Å². The number of nitrogens with zero attached hydrogens (tertiary/aromatic N) is 1. The second kappa shape index (κ2) is 7.18. The fourth-order valence-electron chi connectivity index (χ4n) is 3.10. The molecular formula is C20H24NO3S2+. The van der Waals surface area contributed by atoms with Crippen LogP contribution >= 0.6 is 23.7 Å². The number of hydrogen-bond acceptors (Lipinski definition) is 4. The Morgan fingerprint density at radius 1 is 1.19 bits per heavy atom. The number of benzene rings is 2. The third-order valence-corrected chi connectivity index (χ3v) is 6.41. The highest BCUT2D eigenvalue weighted by molar-refractivity contribution is 7.99. The maximum absolute atomic E-state index is 12.2. The lowest BCUT2D eigenvalue weighted by atomic mass is 10.0. The summed E-state index contributed by atoms with van der Waals surface area (Å²) in [4.78, 5) is 14.3. The highest BCUT2D eigenvalue weighted by Gasteiger charge is 2.44. The Morgan fingerprint density at radius 3 is 2.46 bits per heavy atom. The van der Waals surface area contributed by atoms with Crippen LogP contribution < -0.4 is 8.63 Å². The zero-order chi connectivity index (χ0) is 18.9. The Hall–Kier alpha value is -1.63. The van der Waals surface area contributed by atoms with Gasteiger partial charge in [0.1, 0.15) is 17.5 Å². The lowest BCUT2D eigenvalue weighted by molar-refractivity contribution is 0.136. The zero-order valence-corrected chi connectivity index (χ0v) is 17.1. The van der Waals surface area contributed by atoms with E-state index in [-0.39, 0.29) is 9.49 Å². The van der Waals surface area contributed by atoms with E-state index >= 15 is 0 Å². The van der Waals surface area contributed by atoms with Crippen molar-refractivity contribution in [3.63, 3.8) is 0 Å². The minimum absolute atomic E-state index is 0.314. The van der Waals surface area contributed by atoms with E-state index in [4.69, 9.17) is 4.74 Å². The number of amides is 1. The molecule has 0 bridgehead atoms. The van der Waals surface area contributed by atoms with Gasteiger partial charge in [-0.3, -0.25) is 0 Å². The third kappa shape index (κ3) is 3.72. The minimum Gasteiger partial charge on any atom is -0.481 e. The molecule has 2 aromatic carbocycles. The molecule has 1 heterocycles. The largest absolute Gasteiger partial charge is 0.530 e. The topological polar surface area (TPSA) is 46.5 Å². The van der Waals surface area contributed by atoms with E-state index < -0.39 is 6.09 Å². The normalized spacial score (nSPS) is 17.2. The van der Waals surface area contributed by atoms with Gasteiger partial charge in [-0.1, -0.05) is 19.1 Å². The van der Waals surface area contributed by atoms with Crippen LogP contribution in [-0.2, 0) is 6.42 Å². The van der Waals surface area contributed by atoms with E-state index in [1.165, 1.54) is 16.8 Å². The van der Waals surface area contributed by atoms with Crippen molar-refractivity contribution in [2.75, 3.05) is 12.8 Å². The van der Waals surface area contributed by atoms with Gasteiger partial charge in [-0.2, -0.15) is 4.79 Å². The van der Waals surface area contributed by atoms with Crippen molar-refractivity contribution in [2.24, 2.45) is 0 Å². The van der Waals surface area contributed by atoms with Crippen molar-refractivity contribution in [2.45, 2.75) is 42.6 Å². The Morgan fingerprint density at radius 2 is 1.85 bits per heavy atom. The van der Waals surface area contributed by atoms with Crippen LogP contribution in [0.3, 0.4) is 0 Å². The fraction of sp³-hybridized carbons (Fsp3) is 0.350. The molecule has 26 heavy (non-hydrogen) atoms. The maximum atomic E-state index is 12.2. The summed E-state index contributed by atoms with van der Waals surface area (Å²) in [7, 11) is 1.70. The molecule has 0 saturated heterocycles. The monoisotopic (exact) mass is 390 g/mol. The number of quaternary nitrogens is 1. The molecule has 4 nitrogen and oxygen atoms in total. The Kier molecular flexibility index (Phi) is 5.28. The Bertz CT molecular complexity index is 820. The smallest absolute Gasteiger partial charge is 0.481 e. The number of para-hydroxylation sites is 1. The molecule has 0 aromatic heterocycles. The molecule has 1 aliphatic rings. The summed E-state index contributed by atoms with van der Waals surface area (Å²) in [6, 6.07) is 13.8. The van der Waals surface area contributed by atoms with Gasteiger partial charge < -0.3 is 9.84 Å². The molecule has 0 fully saturated rings. The van der Waals surface area contributed by atoms with Gasteiger partial charge in [0.15, 0.2) is 11.4 Å². The van der Waals surface area contributed by atoms with Gasteiger partial charge >= 0.3 is 6.09 Å². The molecule has 1 aliphatic heterocycles. The van der Waals surface area contributed by atoms with Crippen molar-refractivity contribution in [1.29, 1.82) is 0 Å². The highest BCUT2D eigenvalue weighted by Crippen LogP contribution is 2.48. The van der Waals surface area contributed by atoms with Gasteiger partial charge in [0.05, 0.1) is 11.9 Å². The van der Waals surface area contributed by atoms with E-state index in [1.807, 2.05) is 56.3 Å². The molecule has 6 heteroatoms. The minimum atomic E-state index is -0.927. The first-order chi connectivity index (χ1) is 12.2. The lowest BCUT2D eigenvalue weighted by Crippen LogP contribution is -2.43. The average molecular weight is 391 g/mol. The second-order valence-corrected chi connectivity index (χ2v) is 9.73. The molecule has 0 spiro atoms. The summed E-state index contributed by atoms with van der Waals surface area (Å²) in [6.45, 7) is 6.17. The summed E-state index contributed by atoms with van der Waals surface area (Å²) in [5.74, 6) is 1.71. The number of thioether (sulfide) groups is 1.